The van der Waals surface area contributed by atoms with Gasteiger partial charge in [-0.3, -0.25) is 4.79 Å². The van der Waals surface area contributed by atoms with E-state index in [1.807, 2.05) is 37.3 Å². The molecule has 2 atom stereocenters. The van der Waals surface area contributed by atoms with Crippen LogP contribution in [0.2, 0.25) is 0 Å². The van der Waals surface area contributed by atoms with E-state index < -0.39 is 11.6 Å². The van der Waals surface area contributed by atoms with Crippen LogP contribution in [-0.4, -0.2) is 54.3 Å². The highest BCUT2D eigenvalue weighted by atomic mass is 35.5. The minimum Gasteiger partial charge on any atom is -0.389 e. The van der Waals surface area contributed by atoms with E-state index in [-0.39, 0.29) is 31.5 Å². The molecule has 0 saturated carbocycles. The summed E-state index contributed by atoms with van der Waals surface area (Å²) >= 11 is 0. The molecular weight excluding hydrogens is 328 g/mol. The van der Waals surface area contributed by atoms with Crippen molar-refractivity contribution < 1.29 is 14.6 Å². The Bertz CT molecular complexity index is 492. The maximum absolute atomic E-state index is 12.6. The lowest BCUT2D eigenvalue weighted by Gasteiger charge is -2.37. The molecule has 6 heteroatoms. The highest BCUT2D eigenvalue weighted by Gasteiger charge is 2.36. The fourth-order valence-electron chi connectivity index (χ4n) is 3.00. The van der Waals surface area contributed by atoms with Crippen molar-refractivity contribution >= 4 is 18.3 Å². The summed E-state index contributed by atoms with van der Waals surface area (Å²) in [6, 6.07) is 9.84. The molecule has 1 aromatic carbocycles. The number of carbonyl (C=O) groups is 1. The van der Waals surface area contributed by atoms with Crippen LogP contribution < -0.4 is 5.32 Å². The number of nitrogens with one attached hydrogen (secondary N) is 1. The number of rotatable bonds is 7. The molecule has 2 unspecified atom stereocenters. The number of ether oxygens (including phenoxy) is 1. The van der Waals surface area contributed by atoms with E-state index >= 15 is 0 Å². The number of halogens is 1. The number of aliphatic hydroxyl groups excluding tert-OH is 1. The van der Waals surface area contributed by atoms with Crippen LogP contribution in [0.3, 0.4) is 0 Å². The lowest BCUT2D eigenvalue weighted by molar-refractivity contribution is -0.139. The summed E-state index contributed by atoms with van der Waals surface area (Å²) in [5.41, 5.74) is 0.570. The molecule has 1 aliphatic heterocycles. The lowest BCUT2D eigenvalue weighted by Crippen LogP contribution is -2.58. The highest BCUT2D eigenvalue weighted by molar-refractivity contribution is 5.86. The van der Waals surface area contributed by atoms with Gasteiger partial charge >= 0.3 is 0 Å². The summed E-state index contributed by atoms with van der Waals surface area (Å²) in [5, 5.41) is 13.4. The molecule has 1 amide bonds. The van der Waals surface area contributed by atoms with Crippen molar-refractivity contribution in [1.29, 1.82) is 0 Å². The second-order valence-corrected chi connectivity index (χ2v) is 6.56. The van der Waals surface area contributed by atoms with Crippen LogP contribution in [0.1, 0.15) is 31.7 Å². The van der Waals surface area contributed by atoms with Crippen molar-refractivity contribution in [1.82, 2.24) is 10.2 Å². The summed E-state index contributed by atoms with van der Waals surface area (Å²) in [4.78, 5) is 14.2. The predicted octanol–water partition coefficient (Wildman–Crippen LogP) is 1.98. The molecule has 1 aromatic rings. The first-order valence-corrected chi connectivity index (χ1v) is 8.31. The molecule has 0 bridgehead atoms. The first kappa shape index (κ1) is 20.9. The van der Waals surface area contributed by atoms with Crippen LogP contribution in [0.25, 0.3) is 0 Å². The number of piperidine rings is 1. The van der Waals surface area contributed by atoms with Crippen LogP contribution in [0.4, 0.5) is 0 Å². The Morgan fingerprint density at radius 1 is 1.38 bits per heavy atom. The molecule has 0 radical (unpaired) electrons. The number of carbonyl (C=O) groups excluding carboxylic acids is 1. The number of likely N-dealkylation sites (N-methyl/N-ethyl adjacent to an activating group) is 1. The van der Waals surface area contributed by atoms with Crippen molar-refractivity contribution in [3.63, 3.8) is 0 Å². The van der Waals surface area contributed by atoms with Gasteiger partial charge in [0, 0.05) is 13.6 Å². The van der Waals surface area contributed by atoms with Gasteiger partial charge in [0.15, 0.2) is 0 Å². The molecule has 5 nitrogen and oxygen atoms in total. The molecule has 2 N–H and O–H groups in total. The van der Waals surface area contributed by atoms with Gasteiger partial charge in [-0.05, 0) is 38.3 Å². The van der Waals surface area contributed by atoms with E-state index in [2.05, 4.69) is 5.32 Å². The SMILES string of the molecule is CN(CC(O)COCc1ccccc1)C(=O)C1(C)CCCCN1.Cl. The van der Waals surface area contributed by atoms with Gasteiger partial charge in [-0.2, -0.15) is 0 Å². The molecule has 0 aromatic heterocycles. The third-order valence-electron chi connectivity index (χ3n) is 4.34. The van der Waals surface area contributed by atoms with Gasteiger partial charge in [-0.1, -0.05) is 30.3 Å². The molecule has 1 saturated heterocycles. The first-order valence-electron chi connectivity index (χ1n) is 8.31. The Morgan fingerprint density at radius 3 is 2.71 bits per heavy atom. The Labute approximate surface area is 150 Å². The highest BCUT2D eigenvalue weighted by Crippen LogP contribution is 2.20. The Hall–Kier alpha value is -1.14. The normalized spacial score (nSPS) is 21.6. The minimum atomic E-state index is -0.681. The summed E-state index contributed by atoms with van der Waals surface area (Å²) in [6.45, 7) is 3.79. The maximum atomic E-state index is 12.6. The number of hydrogen-bond acceptors (Lipinski definition) is 4. The largest absolute Gasteiger partial charge is 0.389 e. The van der Waals surface area contributed by atoms with E-state index in [1.54, 1.807) is 11.9 Å². The van der Waals surface area contributed by atoms with E-state index in [0.717, 1.165) is 31.4 Å². The summed E-state index contributed by atoms with van der Waals surface area (Å²) in [5.74, 6) is 0.0410. The molecule has 1 fully saturated rings. The Morgan fingerprint density at radius 2 is 2.08 bits per heavy atom. The van der Waals surface area contributed by atoms with Gasteiger partial charge in [0.1, 0.15) is 0 Å². The van der Waals surface area contributed by atoms with E-state index in [1.165, 1.54) is 0 Å². The van der Waals surface area contributed by atoms with Crippen molar-refractivity contribution in [2.75, 3.05) is 26.7 Å². The number of hydrogen-bond donors (Lipinski definition) is 2. The van der Waals surface area contributed by atoms with Gasteiger partial charge in [0.25, 0.3) is 0 Å². The second kappa shape index (κ2) is 9.99. The van der Waals surface area contributed by atoms with Crippen LogP contribution in [-0.2, 0) is 16.1 Å². The monoisotopic (exact) mass is 356 g/mol. The fraction of sp³-hybridized carbons (Fsp3) is 0.611. The first-order chi connectivity index (χ1) is 11.0. The number of amides is 1. The van der Waals surface area contributed by atoms with E-state index in [9.17, 15) is 9.90 Å². The molecule has 0 spiro atoms. The molecule has 1 heterocycles. The average molecular weight is 357 g/mol. The maximum Gasteiger partial charge on any atom is 0.242 e. The molecule has 136 valence electrons. The summed E-state index contributed by atoms with van der Waals surface area (Å²) in [6.07, 6.45) is 2.34. The quantitative estimate of drug-likeness (QED) is 0.784. The number of benzene rings is 1. The Kier molecular flexibility index (Phi) is 8.70. The summed E-state index contributed by atoms with van der Waals surface area (Å²) < 4.78 is 5.53. The summed E-state index contributed by atoms with van der Waals surface area (Å²) in [7, 11) is 1.74. The van der Waals surface area contributed by atoms with E-state index in [0.29, 0.717) is 6.61 Å². The van der Waals surface area contributed by atoms with Crippen LogP contribution in [0.5, 0.6) is 0 Å². The Balaban J connectivity index is 0.00000288. The fourth-order valence-corrected chi connectivity index (χ4v) is 3.00. The zero-order valence-electron chi connectivity index (χ0n) is 14.5. The smallest absolute Gasteiger partial charge is 0.242 e. The molecule has 24 heavy (non-hydrogen) atoms. The van der Waals surface area contributed by atoms with Crippen LogP contribution in [0, 0.1) is 0 Å². The van der Waals surface area contributed by atoms with Crippen molar-refractivity contribution in [3.8, 4) is 0 Å². The van der Waals surface area contributed by atoms with E-state index in [4.69, 9.17) is 4.74 Å². The minimum absolute atomic E-state index is 0. The third kappa shape index (κ3) is 6.06. The second-order valence-electron chi connectivity index (χ2n) is 6.56. The number of nitrogens with zero attached hydrogens (tertiary/aromatic N) is 1. The lowest BCUT2D eigenvalue weighted by atomic mass is 9.89. The van der Waals surface area contributed by atoms with Crippen molar-refractivity contribution in [3.05, 3.63) is 35.9 Å². The molecule has 1 aliphatic rings. The zero-order valence-corrected chi connectivity index (χ0v) is 15.3. The van der Waals surface area contributed by atoms with Gasteiger partial charge < -0.3 is 20.1 Å². The van der Waals surface area contributed by atoms with Crippen molar-refractivity contribution in [2.45, 2.75) is 44.4 Å². The van der Waals surface area contributed by atoms with Gasteiger partial charge in [-0.15, -0.1) is 12.4 Å². The van der Waals surface area contributed by atoms with Crippen LogP contribution >= 0.6 is 12.4 Å². The molecule has 0 aliphatic carbocycles. The molecule has 2 rings (SSSR count). The predicted molar refractivity (Wildman–Crippen MR) is 97.2 cm³/mol. The van der Waals surface area contributed by atoms with Gasteiger partial charge in [-0.25, -0.2) is 0 Å². The third-order valence-corrected chi connectivity index (χ3v) is 4.34. The van der Waals surface area contributed by atoms with Gasteiger partial charge in [0.2, 0.25) is 5.91 Å². The average Bonchev–Trinajstić information content (AvgIpc) is 2.55. The molecular formula is C18H29ClN2O3. The van der Waals surface area contributed by atoms with Gasteiger partial charge in [0.05, 0.1) is 24.9 Å². The topological polar surface area (TPSA) is 61.8 Å². The van der Waals surface area contributed by atoms with Crippen molar-refractivity contribution in [2.24, 2.45) is 0 Å². The van der Waals surface area contributed by atoms with Crippen LogP contribution in [0.15, 0.2) is 30.3 Å². The standard InChI is InChI=1S/C18H28N2O3.ClH/c1-18(10-6-7-11-19-18)17(22)20(2)12-16(21)14-23-13-15-8-4-3-5-9-15;/h3-5,8-9,16,19,21H,6-7,10-14H2,1-2H3;1H. The zero-order chi connectivity index (χ0) is 16.7. The number of aliphatic hydroxyl groups is 1.